The third-order valence-corrected chi connectivity index (χ3v) is 4.34. The lowest BCUT2D eigenvalue weighted by atomic mass is 10.00. The molecule has 0 radical (unpaired) electrons. The molecule has 2 atom stereocenters. The van der Waals surface area contributed by atoms with Crippen LogP contribution in [0.15, 0.2) is 47.3 Å². The third kappa shape index (κ3) is 4.90. The third-order valence-electron chi connectivity index (χ3n) is 4.34. The molecule has 2 heterocycles. The lowest BCUT2D eigenvalue weighted by Gasteiger charge is -2.30. The Morgan fingerprint density at radius 2 is 2.04 bits per heavy atom. The summed E-state index contributed by atoms with van der Waals surface area (Å²) in [6.45, 7) is 2.97. The van der Waals surface area contributed by atoms with Crippen molar-refractivity contribution < 1.29 is 4.79 Å². The lowest BCUT2D eigenvalue weighted by molar-refractivity contribution is -0.123. The number of aromatic nitrogens is 2. The second kappa shape index (κ2) is 8.78. The van der Waals surface area contributed by atoms with Crippen LogP contribution in [0.1, 0.15) is 19.8 Å². The molecular formula is C18H23ClN4O2. The van der Waals surface area contributed by atoms with E-state index in [0.29, 0.717) is 5.69 Å². The molecule has 2 unspecified atom stereocenters. The number of halogens is 1. The predicted octanol–water partition coefficient (Wildman–Crippen LogP) is 1.59. The molecule has 134 valence electrons. The number of hydrogen-bond donors (Lipinski definition) is 2. The Labute approximate surface area is 153 Å². The smallest absolute Gasteiger partial charge is 0.267 e. The molecule has 1 fully saturated rings. The lowest BCUT2D eigenvalue weighted by Crippen LogP contribution is -2.52. The molecule has 0 saturated carbocycles. The van der Waals surface area contributed by atoms with Crippen molar-refractivity contribution >= 4 is 18.3 Å². The standard InChI is InChI=1S/C18H22N4O2.ClH/c1-13-15(8-5-11-19-13)20-17(23)12-22-18(24)10-9-16(21-22)14-6-3-2-4-7-14;/h2-4,6-7,9-10,13,15,19H,5,8,11-12H2,1H3,(H,20,23);1H. The van der Waals surface area contributed by atoms with Crippen LogP contribution in [0.2, 0.25) is 0 Å². The monoisotopic (exact) mass is 362 g/mol. The van der Waals surface area contributed by atoms with Gasteiger partial charge in [-0.15, -0.1) is 12.4 Å². The number of benzene rings is 1. The van der Waals surface area contributed by atoms with Gasteiger partial charge < -0.3 is 10.6 Å². The van der Waals surface area contributed by atoms with Gasteiger partial charge in [0.25, 0.3) is 5.56 Å². The summed E-state index contributed by atoms with van der Waals surface area (Å²) in [5.41, 5.74) is 1.31. The predicted molar refractivity (Wildman–Crippen MR) is 99.8 cm³/mol. The molecule has 6 nitrogen and oxygen atoms in total. The minimum absolute atomic E-state index is 0. The molecule has 0 aliphatic carbocycles. The minimum Gasteiger partial charge on any atom is -0.350 e. The largest absolute Gasteiger partial charge is 0.350 e. The van der Waals surface area contributed by atoms with Gasteiger partial charge in [0.05, 0.1) is 5.69 Å². The van der Waals surface area contributed by atoms with Crippen molar-refractivity contribution in [3.05, 3.63) is 52.8 Å². The van der Waals surface area contributed by atoms with Gasteiger partial charge in [-0.05, 0) is 32.4 Å². The zero-order valence-electron chi connectivity index (χ0n) is 14.1. The maximum absolute atomic E-state index is 12.3. The molecule has 25 heavy (non-hydrogen) atoms. The number of nitrogens with zero attached hydrogens (tertiary/aromatic N) is 2. The van der Waals surface area contributed by atoms with Crippen LogP contribution in [-0.4, -0.2) is 34.3 Å². The van der Waals surface area contributed by atoms with E-state index in [1.54, 1.807) is 6.07 Å². The Morgan fingerprint density at radius 3 is 2.76 bits per heavy atom. The van der Waals surface area contributed by atoms with Crippen molar-refractivity contribution in [2.75, 3.05) is 6.54 Å². The van der Waals surface area contributed by atoms with Crippen LogP contribution >= 0.6 is 12.4 Å². The zero-order valence-corrected chi connectivity index (χ0v) is 15.0. The van der Waals surface area contributed by atoms with Crippen LogP contribution in [0.4, 0.5) is 0 Å². The summed E-state index contributed by atoms with van der Waals surface area (Å²) in [7, 11) is 0. The molecule has 1 aromatic carbocycles. The first-order valence-corrected chi connectivity index (χ1v) is 8.30. The van der Waals surface area contributed by atoms with E-state index in [-0.39, 0.29) is 42.5 Å². The quantitative estimate of drug-likeness (QED) is 0.866. The van der Waals surface area contributed by atoms with Crippen molar-refractivity contribution in [2.45, 2.75) is 38.4 Å². The number of piperidine rings is 1. The van der Waals surface area contributed by atoms with Gasteiger partial charge in [-0.1, -0.05) is 30.3 Å². The van der Waals surface area contributed by atoms with Crippen LogP contribution in [0.3, 0.4) is 0 Å². The fourth-order valence-corrected chi connectivity index (χ4v) is 2.95. The maximum Gasteiger partial charge on any atom is 0.267 e. The van der Waals surface area contributed by atoms with E-state index in [2.05, 4.69) is 22.7 Å². The van der Waals surface area contributed by atoms with Gasteiger partial charge in [0, 0.05) is 23.7 Å². The van der Waals surface area contributed by atoms with E-state index in [1.165, 1.54) is 10.7 Å². The van der Waals surface area contributed by atoms with E-state index in [9.17, 15) is 9.59 Å². The first kappa shape index (κ1) is 19.1. The summed E-state index contributed by atoms with van der Waals surface area (Å²) in [6, 6.07) is 13.1. The SMILES string of the molecule is CC1NCCCC1NC(=O)Cn1nc(-c2ccccc2)ccc1=O.Cl. The molecule has 0 spiro atoms. The molecule has 1 aromatic heterocycles. The highest BCUT2D eigenvalue weighted by Crippen LogP contribution is 2.14. The van der Waals surface area contributed by atoms with Crippen LogP contribution < -0.4 is 16.2 Å². The van der Waals surface area contributed by atoms with E-state index in [1.807, 2.05) is 30.3 Å². The summed E-state index contributed by atoms with van der Waals surface area (Å²) >= 11 is 0. The molecule has 1 aliphatic heterocycles. The average molecular weight is 363 g/mol. The zero-order chi connectivity index (χ0) is 16.9. The van der Waals surface area contributed by atoms with Crippen molar-refractivity contribution in [2.24, 2.45) is 0 Å². The van der Waals surface area contributed by atoms with Gasteiger partial charge >= 0.3 is 0 Å². The fraction of sp³-hybridized carbons (Fsp3) is 0.389. The van der Waals surface area contributed by atoms with E-state index < -0.39 is 0 Å². The van der Waals surface area contributed by atoms with Crippen LogP contribution in [0.5, 0.6) is 0 Å². The number of nitrogens with one attached hydrogen (secondary N) is 2. The summed E-state index contributed by atoms with van der Waals surface area (Å²) in [5.74, 6) is -0.185. The van der Waals surface area contributed by atoms with Gasteiger partial charge in [-0.25, -0.2) is 4.68 Å². The Bertz CT molecular complexity index is 763. The number of carbonyl (C=O) groups excluding carboxylic acids is 1. The fourth-order valence-electron chi connectivity index (χ4n) is 2.95. The Balaban J connectivity index is 0.00000225. The Kier molecular flexibility index (Phi) is 6.73. The summed E-state index contributed by atoms with van der Waals surface area (Å²) < 4.78 is 1.22. The Morgan fingerprint density at radius 1 is 1.28 bits per heavy atom. The number of rotatable bonds is 4. The molecule has 7 heteroatoms. The minimum atomic E-state index is -0.278. The van der Waals surface area contributed by atoms with Crippen LogP contribution in [0, 0.1) is 0 Å². The van der Waals surface area contributed by atoms with Gasteiger partial charge in [0.1, 0.15) is 6.54 Å². The van der Waals surface area contributed by atoms with Gasteiger partial charge in [0.2, 0.25) is 5.91 Å². The van der Waals surface area contributed by atoms with Crippen molar-refractivity contribution in [3.8, 4) is 11.3 Å². The molecule has 1 saturated heterocycles. The number of carbonyl (C=O) groups is 1. The van der Waals surface area contributed by atoms with Crippen molar-refractivity contribution in [1.29, 1.82) is 0 Å². The van der Waals surface area contributed by atoms with Gasteiger partial charge in [0.15, 0.2) is 0 Å². The average Bonchev–Trinajstić information content (AvgIpc) is 2.60. The molecule has 2 N–H and O–H groups in total. The van der Waals surface area contributed by atoms with Crippen molar-refractivity contribution in [1.82, 2.24) is 20.4 Å². The highest BCUT2D eigenvalue weighted by atomic mass is 35.5. The second-order valence-corrected chi connectivity index (χ2v) is 6.14. The normalized spacial score (nSPS) is 19.7. The molecule has 3 rings (SSSR count). The summed E-state index contributed by atoms with van der Waals surface area (Å²) in [5, 5.41) is 10.7. The van der Waals surface area contributed by atoms with Gasteiger partial charge in [-0.2, -0.15) is 5.10 Å². The molecule has 2 aromatic rings. The van der Waals surface area contributed by atoms with E-state index in [0.717, 1.165) is 24.9 Å². The number of amides is 1. The highest BCUT2D eigenvalue weighted by Gasteiger charge is 2.22. The van der Waals surface area contributed by atoms with Crippen LogP contribution in [-0.2, 0) is 11.3 Å². The van der Waals surface area contributed by atoms with E-state index in [4.69, 9.17) is 0 Å². The summed E-state index contributed by atoms with van der Waals surface area (Å²) in [4.78, 5) is 24.3. The number of hydrogen-bond acceptors (Lipinski definition) is 4. The van der Waals surface area contributed by atoms with Crippen molar-refractivity contribution in [3.63, 3.8) is 0 Å². The van der Waals surface area contributed by atoms with Crippen LogP contribution in [0.25, 0.3) is 11.3 Å². The molecular weight excluding hydrogens is 340 g/mol. The molecule has 0 bridgehead atoms. The Hall–Kier alpha value is -2.18. The summed E-state index contributed by atoms with van der Waals surface area (Å²) in [6.07, 6.45) is 1.99. The molecule has 1 aliphatic rings. The second-order valence-electron chi connectivity index (χ2n) is 6.14. The maximum atomic E-state index is 12.3. The molecule has 1 amide bonds. The highest BCUT2D eigenvalue weighted by molar-refractivity contribution is 5.85. The van der Waals surface area contributed by atoms with E-state index >= 15 is 0 Å². The first-order valence-electron chi connectivity index (χ1n) is 8.30. The van der Waals surface area contributed by atoms with Gasteiger partial charge in [-0.3, -0.25) is 9.59 Å². The first-order chi connectivity index (χ1) is 11.6. The topological polar surface area (TPSA) is 76.0 Å².